The van der Waals surface area contributed by atoms with Gasteiger partial charge in [-0.1, -0.05) is 0 Å². The first-order valence-corrected chi connectivity index (χ1v) is 6.91. The van der Waals surface area contributed by atoms with Crippen LogP contribution in [0.4, 0.5) is 4.39 Å². The van der Waals surface area contributed by atoms with E-state index in [0.717, 1.165) is 32.5 Å². The largest absolute Gasteiger partial charge is 0.392 e. The molecule has 0 fully saturated rings. The van der Waals surface area contributed by atoms with Gasteiger partial charge in [0.15, 0.2) is 0 Å². The molecule has 0 saturated heterocycles. The van der Waals surface area contributed by atoms with E-state index in [-0.39, 0.29) is 12.4 Å². The maximum atomic E-state index is 13.0. The van der Waals surface area contributed by atoms with E-state index in [0.29, 0.717) is 0 Å². The van der Waals surface area contributed by atoms with Crippen LogP contribution in [0.5, 0.6) is 0 Å². The number of rotatable bonds is 2. The minimum atomic E-state index is -0.267. The molecule has 3 aromatic rings. The van der Waals surface area contributed by atoms with Gasteiger partial charge in [-0.05, 0) is 57.9 Å². The van der Waals surface area contributed by atoms with Crippen molar-refractivity contribution in [3.63, 3.8) is 0 Å². The van der Waals surface area contributed by atoms with Gasteiger partial charge in [0, 0.05) is 17.1 Å². The van der Waals surface area contributed by atoms with E-state index in [1.165, 1.54) is 12.1 Å². The van der Waals surface area contributed by atoms with Crippen LogP contribution >= 0.6 is 15.9 Å². The highest BCUT2D eigenvalue weighted by molar-refractivity contribution is 9.10. The summed E-state index contributed by atoms with van der Waals surface area (Å²) in [7, 11) is 1.90. The second-order valence-corrected chi connectivity index (χ2v) is 5.46. The van der Waals surface area contributed by atoms with E-state index in [2.05, 4.69) is 20.9 Å². The predicted molar refractivity (Wildman–Crippen MR) is 79.7 cm³/mol. The molecule has 3 nitrogen and oxygen atoms in total. The van der Waals surface area contributed by atoms with E-state index in [4.69, 9.17) is 0 Å². The van der Waals surface area contributed by atoms with Gasteiger partial charge in [-0.15, -0.1) is 0 Å². The Hall–Kier alpha value is -1.72. The Labute approximate surface area is 123 Å². The number of fused-ring (bicyclic) bond motifs is 1. The van der Waals surface area contributed by atoms with Crippen molar-refractivity contribution in [1.29, 1.82) is 0 Å². The molecule has 102 valence electrons. The van der Waals surface area contributed by atoms with Gasteiger partial charge in [-0.2, -0.15) is 0 Å². The number of imidazole rings is 1. The third-order valence-corrected chi connectivity index (χ3v) is 3.89. The molecule has 0 radical (unpaired) electrons. The summed E-state index contributed by atoms with van der Waals surface area (Å²) >= 11 is 3.47. The van der Waals surface area contributed by atoms with Crippen molar-refractivity contribution in [2.75, 3.05) is 0 Å². The van der Waals surface area contributed by atoms with E-state index < -0.39 is 0 Å². The number of aromatic nitrogens is 2. The summed E-state index contributed by atoms with van der Waals surface area (Å²) in [5, 5.41) is 9.27. The van der Waals surface area contributed by atoms with Crippen molar-refractivity contribution in [2.24, 2.45) is 7.05 Å². The van der Waals surface area contributed by atoms with Crippen LogP contribution in [0.2, 0.25) is 0 Å². The standard InChI is InChI=1S/C15H12BrFN2O/c1-19-13-7-9(8-20)6-12(16)14(13)18-15(19)10-2-4-11(17)5-3-10/h2-7,20H,8H2,1H3. The third kappa shape index (κ3) is 2.13. The van der Waals surface area contributed by atoms with Crippen molar-refractivity contribution in [2.45, 2.75) is 6.61 Å². The number of aliphatic hydroxyl groups is 1. The first kappa shape index (κ1) is 13.3. The van der Waals surface area contributed by atoms with Crippen molar-refractivity contribution in [3.8, 4) is 11.4 Å². The molecule has 3 rings (SSSR count). The summed E-state index contributed by atoms with van der Waals surface area (Å²) in [4.78, 5) is 4.60. The smallest absolute Gasteiger partial charge is 0.140 e. The third-order valence-electron chi connectivity index (χ3n) is 3.28. The summed E-state index contributed by atoms with van der Waals surface area (Å²) in [6.07, 6.45) is 0. The molecule has 20 heavy (non-hydrogen) atoms. The molecule has 1 aromatic heterocycles. The zero-order valence-electron chi connectivity index (χ0n) is 10.8. The lowest BCUT2D eigenvalue weighted by atomic mass is 10.2. The molecule has 0 aliphatic heterocycles. The summed E-state index contributed by atoms with van der Waals surface area (Å²) in [5.74, 6) is 0.493. The molecule has 0 aliphatic carbocycles. The minimum absolute atomic E-state index is 0.0222. The average molecular weight is 335 g/mol. The highest BCUT2D eigenvalue weighted by Gasteiger charge is 2.13. The van der Waals surface area contributed by atoms with Gasteiger partial charge in [-0.25, -0.2) is 9.37 Å². The van der Waals surface area contributed by atoms with Crippen LogP contribution in [0.3, 0.4) is 0 Å². The summed E-state index contributed by atoms with van der Waals surface area (Å²) in [6, 6.07) is 10.0. The first-order valence-electron chi connectivity index (χ1n) is 6.12. The van der Waals surface area contributed by atoms with Gasteiger partial charge in [0.1, 0.15) is 17.2 Å². The molecule has 0 aliphatic rings. The van der Waals surface area contributed by atoms with Crippen LogP contribution < -0.4 is 0 Å². The highest BCUT2D eigenvalue weighted by atomic mass is 79.9. The molecular weight excluding hydrogens is 323 g/mol. The Bertz CT molecular complexity index is 781. The van der Waals surface area contributed by atoms with Crippen LogP contribution in [-0.4, -0.2) is 14.7 Å². The molecule has 0 unspecified atom stereocenters. The Kier molecular flexibility index (Phi) is 3.31. The van der Waals surface area contributed by atoms with Gasteiger partial charge in [0.05, 0.1) is 12.1 Å². The fourth-order valence-electron chi connectivity index (χ4n) is 2.25. The Morgan fingerprint density at radius 2 is 1.95 bits per heavy atom. The minimum Gasteiger partial charge on any atom is -0.392 e. The zero-order chi connectivity index (χ0) is 14.3. The molecule has 2 aromatic carbocycles. The topological polar surface area (TPSA) is 38.0 Å². The van der Waals surface area contributed by atoms with Gasteiger partial charge < -0.3 is 9.67 Å². The van der Waals surface area contributed by atoms with E-state index in [1.807, 2.05) is 23.7 Å². The maximum Gasteiger partial charge on any atom is 0.140 e. The monoisotopic (exact) mass is 334 g/mol. The Balaban J connectivity index is 2.25. The average Bonchev–Trinajstić information content (AvgIpc) is 2.78. The number of nitrogens with zero attached hydrogens (tertiary/aromatic N) is 2. The lowest BCUT2D eigenvalue weighted by Crippen LogP contribution is -1.93. The van der Waals surface area contributed by atoms with Crippen LogP contribution in [0.1, 0.15) is 5.56 Å². The summed E-state index contributed by atoms with van der Waals surface area (Å²) in [5.41, 5.74) is 3.41. The first-order chi connectivity index (χ1) is 9.60. The van der Waals surface area contributed by atoms with Crippen molar-refractivity contribution < 1.29 is 9.50 Å². The van der Waals surface area contributed by atoms with Crippen molar-refractivity contribution in [3.05, 3.63) is 52.3 Å². The summed E-state index contributed by atoms with van der Waals surface area (Å²) < 4.78 is 15.8. The molecule has 1 N–H and O–H groups in total. The lowest BCUT2D eigenvalue weighted by Gasteiger charge is -2.03. The van der Waals surface area contributed by atoms with Gasteiger partial charge in [0.25, 0.3) is 0 Å². The van der Waals surface area contributed by atoms with E-state index >= 15 is 0 Å². The molecular formula is C15H12BrFN2O. The van der Waals surface area contributed by atoms with Crippen LogP contribution in [0, 0.1) is 5.82 Å². The number of halogens is 2. The van der Waals surface area contributed by atoms with Gasteiger partial charge in [-0.3, -0.25) is 0 Å². The predicted octanol–water partition coefficient (Wildman–Crippen LogP) is 3.63. The van der Waals surface area contributed by atoms with Crippen LogP contribution in [0.25, 0.3) is 22.4 Å². The number of benzene rings is 2. The van der Waals surface area contributed by atoms with Crippen LogP contribution in [0.15, 0.2) is 40.9 Å². The second-order valence-electron chi connectivity index (χ2n) is 4.60. The van der Waals surface area contributed by atoms with E-state index in [1.54, 1.807) is 12.1 Å². The van der Waals surface area contributed by atoms with Crippen LogP contribution in [-0.2, 0) is 13.7 Å². The quantitative estimate of drug-likeness (QED) is 0.777. The lowest BCUT2D eigenvalue weighted by molar-refractivity contribution is 0.282. The highest BCUT2D eigenvalue weighted by Crippen LogP contribution is 2.29. The molecule has 0 amide bonds. The molecule has 0 saturated carbocycles. The number of hydrogen-bond donors (Lipinski definition) is 1. The number of aryl methyl sites for hydroxylation is 1. The maximum absolute atomic E-state index is 13.0. The summed E-state index contributed by atoms with van der Waals surface area (Å²) in [6.45, 7) is -0.0222. The molecule has 5 heteroatoms. The SMILES string of the molecule is Cn1c(-c2ccc(F)cc2)nc2c(Br)cc(CO)cc21. The fraction of sp³-hybridized carbons (Fsp3) is 0.133. The van der Waals surface area contributed by atoms with E-state index in [9.17, 15) is 9.50 Å². The zero-order valence-corrected chi connectivity index (χ0v) is 12.4. The van der Waals surface area contributed by atoms with Gasteiger partial charge in [0.2, 0.25) is 0 Å². The molecule has 0 bridgehead atoms. The Morgan fingerprint density at radius 1 is 1.25 bits per heavy atom. The fourth-order valence-corrected chi connectivity index (χ4v) is 2.83. The van der Waals surface area contributed by atoms with Crippen molar-refractivity contribution >= 4 is 27.0 Å². The normalized spacial score (nSPS) is 11.2. The molecule has 0 atom stereocenters. The Morgan fingerprint density at radius 3 is 2.60 bits per heavy atom. The second kappa shape index (κ2) is 5.00. The molecule has 1 heterocycles. The van der Waals surface area contributed by atoms with Gasteiger partial charge >= 0.3 is 0 Å². The number of aliphatic hydroxyl groups excluding tert-OH is 1. The van der Waals surface area contributed by atoms with Crippen molar-refractivity contribution in [1.82, 2.24) is 9.55 Å². The number of hydrogen-bond acceptors (Lipinski definition) is 2. The molecule has 0 spiro atoms.